The van der Waals surface area contributed by atoms with Crippen molar-refractivity contribution in [3.8, 4) is 0 Å². The van der Waals surface area contributed by atoms with Crippen molar-refractivity contribution in [2.75, 3.05) is 20.2 Å². The zero-order valence-corrected chi connectivity index (χ0v) is 11.8. The largest absolute Gasteiger partial charge is 0.468 e. The first kappa shape index (κ1) is 14.3. The minimum absolute atomic E-state index is 0.374. The molecule has 2 unspecified atom stereocenters. The zero-order valence-electron chi connectivity index (χ0n) is 11.1. The molecule has 1 heterocycles. The molecule has 0 amide bonds. The molecule has 0 spiro atoms. The van der Waals surface area contributed by atoms with Gasteiger partial charge in [-0.15, -0.1) is 0 Å². The minimum atomic E-state index is -1.25. The van der Waals surface area contributed by atoms with Gasteiger partial charge < -0.3 is 15.2 Å². The van der Waals surface area contributed by atoms with E-state index in [2.05, 4.69) is 5.32 Å². The second kappa shape index (κ2) is 5.12. The third kappa shape index (κ3) is 2.24. The Labute approximate surface area is 117 Å². The summed E-state index contributed by atoms with van der Waals surface area (Å²) < 4.78 is 4.87. The summed E-state index contributed by atoms with van der Waals surface area (Å²) in [5.74, 6) is -0.419. The smallest absolute Gasteiger partial charge is 0.316 e. The number of aliphatic hydroxyl groups is 1. The van der Waals surface area contributed by atoms with Gasteiger partial charge in [-0.1, -0.05) is 23.7 Å². The van der Waals surface area contributed by atoms with Gasteiger partial charge in [0.1, 0.15) is 11.0 Å². The molecule has 1 saturated heterocycles. The van der Waals surface area contributed by atoms with Crippen molar-refractivity contribution in [1.82, 2.24) is 5.32 Å². The van der Waals surface area contributed by atoms with Gasteiger partial charge in [0.25, 0.3) is 0 Å². The molecule has 1 fully saturated rings. The number of piperidine rings is 1. The number of hydrogen-bond acceptors (Lipinski definition) is 4. The molecule has 4 nitrogen and oxygen atoms in total. The summed E-state index contributed by atoms with van der Waals surface area (Å²) in [6.45, 7) is 2.74. The molecule has 0 saturated carbocycles. The van der Waals surface area contributed by atoms with Gasteiger partial charge in [-0.25, -0.2) is 0 Å². The Morgan fingerprint density at radius 3 is 2.63 bits per heavy atom. The Morgan fingerprint density at radius 2 is 2.05 bits per heavy atom. The SMILES string of the molecule is COC(=O)C1(C)CNCCC1(O)c1ccc(Cl)cc1. The summed E-state index contributed by atoms with van der Waals surface area (Å²) >= 11 is 5.87. The Kier molecular flexibility index (Phi) is 3.85. The highest BCUT2D eigenvalue weighted by Crippen LogP contribution is 2.45. The first-order valence-electron chi connectivity index (χ1n) is 6.21. The predicted octanol–water partition coefficient (Wildman–Crippen LogP) is 1.70. The molecule has 0 aliphatic carbocycles. The van der Waals surface area contributed by atoms with E-state index in [1.165, 1.54) is 7.11 Å². The standard InChI is InChI=1S/C14H18ClNO3/c1-13(12(17)19-2)9-16-8-7-14(13,18)10-3-5-11(15)6-4-10/h3-6,16,18H,7-9H2,1-2H3. The van der Waals surface area contributed by atoms with Gasteiger partial charge in [0.05, 0.1) is 7.11 Å². The van der Waals surface area contributed by atoms with Crippen LogP contribution in [0.1, 0.15) is 18.9 Å². The maximum Gasteiger partial charge on any atom is 0.316 e. The Hall–Kier alpha value is -1.10. The molecular weight excluding hydrogens is 266 g/mol. The lowest BCUT2D eigenvalue weighted by Gasteiger charge is -2.46. The molecule has 0 radical (unpaired) electrons. The van der Waals surface area contributed by atoms with Crippen LogP contribution in [-0.2, 0) is 15.1 Å². The van der Waals surface area contributed by atoms with Gasteiger partial charge in [-0.05, 0) is 37.6 Å². The topological polar surface area (TPSA) is 58.6 Å². The van der Waals surface area contributed by atoms with Crippen molar-refractivity contribution in [2.24, 2.45) is 5.41 Å². The Bertz CT molecular complexity index is 476. The molecule has 1 aliphatic rings. The lowest BCUT2D eigenvalue weighted by atomic mass is 9.66. The van der Waals surface area contributed by atoms with Crippen molar-refractivity contribution in [3.05, 3.63) is 34.9 Å². The van der Waals surface area contributed by atoms with Crippen LogP contribution in [0.2, 0.25) is 5.02 Å². The van der Waals surface area contributed by atoms with E-state index in [0.29, 0.717) is 30.1 Å². The predicted molar refractivity (Wildman–Crippen MR) is 73.0 cm³/mol. The number of nitrogens with one attached hydrogen (secondary N) is 1. The van der Waals surface area contributed by atoms with E-state index in [4.69, 9.17) is 16.3 Å². The molecule has 2 rings (SSSR count). The average Bonchev–Trinajstić information content (AvgIpc) is 2.42. The molecule has 1 aliphatic heterocycles. The molecule has 2 N–H and O–H groups in total. The molecule has 104 valence electrons. The first-order chi connectivity index (χ1) is 8.94. The van der Waals surface area contributed by atoms with Crippen LogP contribution in [0.25, 0.3) is 0 Å². The molecule has 5 heteroatoms. The van der Waals surface area contributed by atoms with Crippen molar-refractivity contribution < 1.29 is 14.6 Å². The molecule has 19 heavy (non-hydrogen) atoms. The van der Waals surface area contributed by atoms with E-state index >= 15 is 0 Å². The van der Waals surface area contributed by atoms with Crippen molar-refractivity contribution >= 4 is 17.6 Å². The monoisotopic (exact) mass is 283 g/mol. The van der Waals surface area contributed by atoms with E-state index in [0.717, 1.165) is 0 Å². The van der Waals surface area contributed by atoms with Crippen molar-refractivity contribution in [3.63, 3.8) is 0 Å². The third-order valence-electron chi connectivity index (χ3n) is 4.01. The van der Waals surface area contributed by atoms with Gasteiger partial charge in [-0.2, -0.15) is 0 Å². The molecule has 1 aromatic rings. The molecule has 0 bridgehead atoms. The number of ether oxygens (including phenoxy) is 1. The Morgan fingerprint density at radius 1 is 1.42 bits per heavy atom. The van der Waals surface area contributed by atoms with Crippen LogP contribution in [0.5, 0.6) is 0 Å². The number of halogens is 1. The van der Waals surface area contributed by atoms with E-state index < -0.39 is 17.0 Å². The average molecular weight is 284 g/mol. The summed E-state index contributed by atoms with van der Waals surface area (Å²) in [7, 11) is 1.34. The van der Waals surface area contributed by atoms with Gasteiger partial charge in [0.15, 0.2) is 0 Å². The van der Waals surface area contributed by atoms with Crippen LogP contribution in [0, 0.1) is 5.41 Å². The van der Waals surface area contributed by atoms with Gasteiger partial charge in [-0.3, -0.25) is 4.79 Å². The van der Waals surface area contributed by atoms with E-state index in [-0.39, 0.29) is 0 Å². The summed E-state index contributed by atoms with van der Waals surface area (Å²) in [5, 5.41) is 14.8. The van der Waals surface area contributed by atoms with Gasteiger partial charge >= 0.3 is 5.97 Å². The van der Waals surface area contributed by atoms with Crippen LogP contribution in [0.15, 0.2) is 24.3 Å². The summed E-state index contributed by atoms with van der Waals surface area (Å²) in [5.41, 5.74) is -1.59. The van der Waals surface area contributed by atoms with Crippen LogP contribution in [0.4, 0.5) is 0 Å². The number of methoxy groups -OCH3 is 1. The summed E-state index contributed by atoms with van der Waals surface area (Å²) in [6, 6.07) is 6.95. The number of rotatable bonds is 2. The molecule has 0 aromatic heterocycles. The van der Waals surface area contributed by atoms with Crippen LogP contribution in [-0.4, -0.2) is 31.3 Å². The summed E-state index contributed by atoms with van der Waals surface area (Å²) in [4.78, 5) is 12.1. The number of hydrogen-bond donors (Lipinski definition) is 2. The second-order valence-electron chi connectivity index (χ2n) is 5.12. The fourth-order valence-electron chi connectivity index (χ4n) is 2.68. The number of esters is 1. The fraction of sp³-hybridized carbons (Fsp3) is 0.500. The quantitative estimate of drug-likeness (QED) is 0.811. The van der Waals surface area contributed by atoms with Crippen LogP contribution >= 0.6 is 11.6 Å². The third-order valence-corrected chi connectivity index (χ3v) is 4.26. The highest BCUT2D eigenvalue weighted by Gasteiger charge is 2.55. The first-order valence-corrected chi connectivity index (χ1v) is 6.59. The van der Waals surface area contributed by atoms with E-state index in [1.54, 1.807) is 31.2 Å². The zero-order chi connectivity index (χ0) is 14.1. The van der Waals surface area contributed by atoms with Crippen LogP contribution in [0.3, 0.4) is 0 Å². The molecule has 1 aromatic carbocycles. The van der Waals surface area contributed by atoms with Crippen LogP contribution < -0.4 is 5.32 Å². The maximum atomic E-state index is 12.1. The molecule has 2 atom stereocenters. The van der Waals surface area contributed by atoms with Gasteiger partial charge in [0.2, 0.25) is 0 Å². The molecular formula is C14H18ClNO3. The highest BCUT2D eigenvalue weighted by molar-refractivity contribution is 6.30. The minimum Gasteiger partial charge on any atom is -0.468 e. The maximum absolute atomic E-state index is 12.1. The van der Waals surface area contributed by atoms with Crippen molar-refractivity contribution in [2.45, 2.75) is 18.9 Å². The van der Waals surface area contributed by atoms with Gasteiger partial charge in [0, 0.05) is 11.6 Å². The van der Waals surface area contributed by atoms with E-state index in [1.807, 2.05) is 0 Å². The number of benzene rings is 1. The number of carbonyl (C=O) groups is 1. The normalized spacial score (nSPS) is 30.9. The van der Waals surface area contributed by atoms with Crippen molar-refractivity contribution in [1.29, 1.82) is 0 Å². The highest BCUT2D eigenvalue weighted by atomic mass is 35.5. The lowest BCUT2D eigenvalue weighted by Crippen LogP contribution is -2.59. The second-order valence-corrected chi connectivity index (χ2v) is 5.55. The number of carbonyl (C=O) groups excluding carboxylic acids is 1. The lowest BCUT2D eigenvalue weighted by molar-refractivity contribution is -0.177. The Balaban J connectivity index is 2.47. The summed E-state index contributed by atoms with van der Waals surface area (Å²) in [6.07, 6.45) is 0.445. The fourth-order valence-corrected chi connectivity index (χ4v) is 2.81. The van der Waals surface area contributed by atoms with E-state index in [9.17, 15) is 9.90 Å².